The molecule has 2 aromatic carbocycles. The zero-order chi connectivity index (χ0) is 24.5. The van der Waals surface area contributed by atoms with Gasteiger partial charge in [0.15, 0.2) is 18.5 Å². The molecule has 1 saturated heterocycles. The van der Waals surface area contributed by atoms with Crippen LogP contribution in [0.3, 0.4) is 0 Å². The van der Waals surface area contributed by atoms with Crippen molar-refractivity contribution in [3.8, 4) is 11.3 Å². The Balaban J connectivity index is 1.15. The number of fused-ring (bicyclic) bond motifs is 2. The van der Waals surface area contributed by atoms with Gasteiger partial charge in [-0.3, -0.25) is 9.59 Å². The Morgan fingerprint density at radius 3 is 2.58 bits per heavy atom. The molecule has 1 fully saturated rings. The molecule has 2 aliphatic rings. The van der Waals surface area contributed by atoms with Gasteiger partial charge < -0.3 is 19.1 Å². The van der Waals surface area contributed by atoms with Crippen molar-refractivity contribution >= 4 is 17.5 Å². The van der Waals surface area contributed by atoms with E-state index in [4.69, 9.17) is 8.83 Å². The van der Waals surface area contributed by atoms with E-state index in [1.807, 2.05) is 35.2 Å². The maximum absolute atomic E-state index is 13.1. The predicted molar refractivity (Wildman–Crippen MR) is 132 cm³/mol. The lowest BCUT2D eigenvalue weighted by molar-refractivity contribution is -0.116. The van der Waals surface area contributed by atoms with Gasteiger partial charge >= 0.3 is 0 Å². The van der Waals surface area contributed by atoms with Crippen LogP contribution in [0.4, 0.5) is 5.69 Å². The van der Waals surface area contributed by atoms with Crippen molar-refractivity contribution < 1.29 is 18.4 Å². The highest BCUT2D eigenvalue weighted by Gasteiger charge is 2.46. The molecule has 3 heterocycles. The van der Waals surface area contributed by atoms with E-state index in [0.29, 0.717) is 25.3 Å². The number of nitrogens with zero attached hydrogens (tertiary/aromatic N) is 3. The van der Waals surface area contributed by atoms with E-state index < -0.39 is 0 Å². The largest absolute Gasteiger partial charge is 0.444 e. The average Bonchev–Trinajstić information content (AvgIpc) is 3.67. The second-order valence-electron chi connectivity index (χ2n) is 9.63. The number of carbonyl (C=O) groups is 2. The van der Waals surface area contributed by atoms with Crippen molar-refractivity contribution in [2.24, 2.45) is 0 Å². The van der Waals surface area contributed by atoms with Gasteiger partial charge in [0.2, 0.25) is 11.7 Å². The third kappa shape index (κ3) is 4.08. The van der Waals surface area contributed by atoms with Crippen LogP contribution in [0.25, 0.3) is 11.3 Å². The third-order valence-electron chi connectivity index (χ3n) is 7.55. The molecule has 1 spiro atoms. The second kappa shape index (κ2) is 9.11. The number of amides is 2. The van der Waals surface area contributed by atoms with Crippen LogP contribution >= 0.6 is 0 Å². The molecule has 1 N–H and O–H groups in total. The summed E-state index contributed by atoms with van der Waals surface area (Å²) in [6, 6.07) is 16.1. The fourth-order valence-corrected chi connectivity index (χ4v) is 5.84. The minimum Gasteiger partial charge on any atom is -0.444 e. The summed E-state index contributed by atoms with van der Waals surface area (Å²) in [6.45, 7) is 1.31. The molecule has 1 aliphatic carbocycles. The molecular formula is C28H26N4O4. The number of anilines is 1. The lowest BCUT2D eigenvalue weighted by Gasteiger charge is -2.40. The number of piperidine rings is 1. The van der Waals surface area contributed by atoms with Crippen molar-refractivity contribution in [2.75, 3.05) is 18.4 Å². The van der Waals surface area contributed by atoms with Crippen molar-refractivity contribution in [3.05, 3.63) is 90.6 Å². The Kier molecular flexibility index (Phi) is 5.64. The molecule has 0 saturated carbocycles. The molecule has 1 aliphatic heterocycles. The van der Waals surface area contributed by atoms with Gasteiger partial charge in [-0.2, -0.15) is 0 Å². The van der Waals surface area contributed by atoms with Crippen LogP contribution in [0.1, 0.15) is 53.3 Å². The number of aromatic nitrogens is 2. The first-order chi connectivity index (χ1) is 17.6. The van der Waals surface area contributed by atoms with Crippen molar-refractivity contribution in [3.63, 3.8) is 0 Å². The van der Waals surface area contributed by atoms with E-state index in [9.17, 15) is 9.59 Å². The van der Waals surface area contributed by atoms with E-state index >= 15 is 0 Å². The van der Waals surface area contributed by atoms with Gasteiger partial charge in [0.05, 0.1) is 12.4 Å². The van der Waals surface area contributed by atoms with Gasteiger partial charge in [-0.25, -0.2) is 9.97 Å². The number of benzene rings is 2. The van der Waals surface area contributed by atoms with Crippen LogP contribution in [0.15, 0.2) is 82.5 Å². The molecule has 4 aromatic rings. The maximum Gasteiger partial charge on any atom is 0.291 e. The van der Waals surface area contributed by atoms with E-state index in [1.54, 1.807) is 6.20 Å². The first-order valence-corrected chi connectivity index (χ1v) is 12.2. The summed E-state index contributed by atoms with van der Waals surface area (Å²) in [6.07, 6.45) is 8.83. The van der Waals surface area contributed by atoms with Crippen LogP contribution in [-0.4, -0.2) is 39.8 Å². The van der Waals surface area contributed by atoms with Crippen molar-refractivity contribution in [2.45, 2.75) is 37.0 Å². The number of hydrogen-bond acceptors (Lipinski definition) is 6. The molecular weight excluding hydrogens is 456 g/mol. The van der Waals surface area contributed by atoms with Crippen LogP contribution in [0.2, 0.25) is 0 Å². The summed E-state index contributed by atoms with van der Waals surface area (Å²) in [4.78, 5) is 35.5. The fourth-order valence-electron chi connectivity index (χ4n) is 5.84. The quantitative estimate of drug-likeness (QED) is 0.429. The van der Waals surface area contributed by atoms with Crippen LogP contribution < -0.4 is 5.32 Å². The Bertz CT molecular complexity index is 1370. The van der Waals surface area contributed by atoms with Crippen molar-refractivity contribution in [1.29, 1.82) is 0 Å². The zero-order valence-electron chi connectivity index (χ0n) is 19.7. The molecule has 2 aromatic heterocycles. The van der Waals surface area contributed by atoms with Crippen molar-refractivity contribution in [1.82, 2.24) is 14.9 Å². The molecule has 0 bridgehead atoms. The number of rotatable bonds is 5. The van der Waals surface area contributed by atoms with Crippen LogP contribution in [0, 0.1) is 0 Å². The number of hydrogen-bond donors (Lipinski definition) is 1. The molecule has 0 radical (unpaired) electrons. The Labute approximate surface area is 208 Å². The summed E-state index contributed by atoms with van der Waals surface area (Å²) < 4.78 is 10.6. The monoisotopic (exact) mass is 482 g/mol. The molecule has 1 unspecified atom stereocenters. The molecule has 1 atom stereocenters. The predicted octanol–water partition coefficient (Wildman–Crippen LogP) is 5.02. The molecule has 182 valence electrons. The summed E-state index contributed by atoms with van der Waals surface area (Å²) in [5.74, 6) is 0.942. The first kappa shape index (κ1) is 22.3. The van der Waals surface area contributed by atoms with E-state index in [1.165, 1.54) is 30.1 Å². The van der Waals surface area contributed by atoms with E-state index in [-0.39, 0.29) is 28.9 Å². The summed E-state index contributed by atoms with van der Waals surface area (Å²) >= 11 is 0. The first-order valence-electron chi connectivity index (χ1n) is 12.2. The second-order valence-corrected chi connectivity index (χ2v) is 9.63. The molecule has 8 nitrogen and oxygen atoms in total. The topological polar surface area (TPSA) is 101 Å². The zero-order valence-corrected chi connectivity index (χ0v) is 19.7. The average molecular weight is 483 g/mol. The van der Waals surface area contributed by atoms with Gasteiger partial charge in [-0.05, 0) is 53.9 Å². The minimum atomic E-state index is -0.114. The smallest absolute Gasteiger partial charge is 0.291 e. The van der Waals surface area contributed by atoms with Gasteiger partial charge in [0.1, 0.15) is 0 Å². The molecule has 2 amide bonds. The van der Waals surface area contributed by atoms with Gasteiger partial charge in [-0.1, -0.05) is 36.4 Å². The normalized spacial score (nSPS) is 18.2. The van der Waals surface area contributed by atoms with Gasteiger partial charge in [-0.15, -0.1) is 0 Å². The van der Waals surface area contributed by atoms with Crippen LogP contribution in [0.5, 0.6) is 0 Å². The lowest BCUT2D eigenvalue weighted by atomic mass is 9.73. The summed E-state index contributed by atoms with van der Waals surface area (Å²) in [7, 11) is 0. The standard InChI is InChI=1S/C28H26N4O4/c33-26(31-21-5-3-4-19(12-21)24-15-29-17-35-24)13-20-14-28(23-7-2-1-6-22(20)23)8-10-32(11-9-28)27(34)25-16-30-18-36-25/h1-7,12,15-18,20H,8-11,13-14H2,(H,31,33). The highest BCUT2D eigenvalue weighted by atomic mass is 16.3. The number of nitrogens with one attached hydrogen (secondary N) is 1. The Hall–Kier alpha value is -4.20. The van der Waals surface area contributed by atoms with Crippen LogP contribution in [-0.2, 0) is 10.2 Å². The molecule has 36 heavy (non-hydrogen) atoms. The highest BCUT2D eigenvalue weighted by Crippen LogP contribution is 2.52. The van der Waals surface area contributed by atoms with Gasteiger partial charge in [0, 0.05) is 30.8 Å². The van der Waals surface area contributed by atoms with E-state index in [0.717, 1.165) is 30.5 Å². The Morgan fingerprint density at radius 2 is 1.81 bits per heavy atom. The van der Waals surface area contributed by atoms with E-state index in [2.05, 4.69) is 33.5 Å². The molecule has 8 heteroatoms. The third-order valence-corrected chi connectivity index (χ3v) is 7.55. The highest BCUT2D eigenvalue weighted by molar-refractivity contribution is 5.92. The summed E-state index contributed by atoms with van der Waals surface area (Å²) in [5, 5.41) is 3.06. The molecule has 6 rings (SSSR count). The minimum absolute atomic E-state index is 0.0143. The maximum atomic E-state index is 13.1. The Morgan fingerprint density at radius 1 is 1.00 bits per heavy atom. The van der Waals surface area contributed by atoms with Gasteiger partial charge in [0.25, 0.3) is 5.91 Å². The lowest BCUT2D eigenvalue weighted by Crippen LogP contribution is -2.44. The number of oxazole rings is 2. The number of likely N-dealkylation sites (tertiary alicyclic amines) is 1. The number of carbonyl (C=O) groups excluding carboxylic acids is 2. The fraction of sp³-hybridized carbons (Fsp3) is 0.286. The summed E-state index contributed by atoms with van der Waals surface area (Å²) in [5.41, 5.74) is 4.14. The SMILES string of the molecule is O=C(CC1CC2(CCN(C(=O)c3cnco3)CC2)c2ccccc21)Nc1cccc(-c2cnco2)c1.